The van der Waals surface area contributed by atoms with Gasteiger partial charge in [-0.2, -0.15) is 0 Å². The van der Waals surface area contributed by atoms with E-state index in [1.807, 2.05) is 32.9 Å². The molecule has 1 aliphatic rings. The highest BCUT2D eigenvalue weighted by molar-refractivity contribution is 5.67. The van der Waals surface area contributed by atoms with Crippen molar-refractivity contribution in [2.45, 2.75) is 78.6 Å². The molecule has 0 unspecified atom stereocenters. The Balaban J connectivity index is 0.00000218. The molecule has 1 aromatic carbocycles. The van der Waals surface area contributed by atoms with Crippen LogP contribution in [0.5, 0.6) is 0 Å². The topological polar surface area (TPSA) is 61.8 Å². The largest absolute Gasteiger partial charge is 0.444 e. The SMILES string of the molecule is C=C.CCCCC1(CNC(=O)OC(C)(C)C)CCN(Cc2ccc(CO)cc2)CC1. The van der Waals surface area contributed by atoms with Crippen LogP contribution < -0.4 is 5.32 Å². The Labute approximate surface area is 183 Å². The average molecular weight is 419 g/mol. The fraction of sp³-hybridized carbons (Fsp3) is 0.640. The summed E-state index contributed by atoms with van der Waals surface area (Å²) in [5.74, 6) is 0. The van der Waals surface area contributed by atoms with Crippen LogP contribution in [-0.4, -0.2) is 41.3 Å². The van der Waals surface area contributed by atoms with Gasteiger partial charge in [-0.1, -0.05) is 44.0 Å². The summed E-state index contributed by atoms with van der Waals surface area (Å²) in [5.41, 5.74) is 1.94. The maximum atomic E-state index is 12.1. The molecule has 1 amide bonds. The molecule has 170 valence electrons. The van der Waals surface area contributed by atoms with Crippen LogP contribution >= 0.6 is 0 Å². The van der Waals surface area contributed by atoms with Gasteiger partial charge in [-0.05, 0) is 69.7 Å². The molecule has 1 aromatic rings. The van der Waals surface area contributed by atoms with Gasteiger partial charge in [0, 0.05) is 13.1 Å². The predicted octanol–water partition coefficient (Wildman–Crippen LogP) is 5.28. The Bertz CT molecular complexity index is 614. The molecule has 0 aromatic heterocycles. The van der Waals surface area contributed by atoms with Gasteiger partial charge < -0.3 is 15.2 Å². The summed E-state index contributed by atoms with van der Waals surface area (Å²) in [7, 11) is 0. The number of aliphatic hydroxyl groups excluding tert-OH is 1. The normalized spacial score (nSPS) is 16.3. The predicted molar refractivity (Wildman–Crippen MR) is 124 cm³/mol. The first-order valence-electron chi connectivity index (χ1n) is 11.1. The molecule has 1 fully saturated rings. The number of piperidine rings is 1. The molecule has 0 aliphatic carbocycles. The van der Waals surface area contributed by atoms with Crippen molar-refractivity contribution in [1.29, 1.82) is 0 Å². The Morgan fingerprint density at radius 3 is 2.23 bits per heavy atom. The molecule has 2 rings (SSSR count). The van der Waals surface area contributed by atoms with Gasteiger partial charge in [0.05, 0.1) is 6.61 Å². The number of nitrogens with zero attached hydrogens (tertiary/aromatic N) is 1. The summed E-state index contributed by atoms with van der Waals surface area (Å²) in [6.07, 6.45) is 5.40. The van der Waals surface area contributed by atoms with E-state index in [0.29, 0.717) is 6.54 Å². The molecule has 0 atom stereocenters. The van der Waals surface area contributed by atoms with E-state index >= 15 is 0 Å². The van der Waals surface area contributed by atoms with Crippen LogP contribution in [0.25, 0.3) is 0 Å². The van der Waals surface area contributed by atoms with Crippen molar-refractivity contribution in [3.63, 3.8) is 0 Å². The molecule has 30 heavy (non-hydrogen) atoms. The summed E-state index contributed by atoms with van der Waals surface area (Å²) < 4.78 is 5.42. The van der Waals surface area contributed by atoms with Crippen LogP contribution in [-0.2, 0) is 17.9 Å². The van der Waals surface area contributed by atoms with Gasteiger partial charge in [-0.25, -0.2) is 4.79 Å². The third-order valence-corrected chi connectivity index (χ3v) is 5.60. The first-order valence-corrected chi connectivity index (χ1v) is 11.1. The number of amides is 1. The number of hydrogen-bond donors (Lipinski definition) is 2. The van der Waals surface area contributed by atoms with Crippen LogP contribution in [0.2, 0.25) is 0 Å². The molecule has 5 nitrogen and oxygen atoms in total. The Morgan fingerprint density at radius 2 is 1.73 bits per heavy atom. The smallest absolute Gasteiger partial charge is 0.407 e. The van der Waals surface area contributed by atoms with E-state index < -0.39 is 5.60 Å². The lowest BCUT2D eigenvalue weighted by molar-refractivity contribution is 0.0430. The van der Waals surface area contributed by atoms with Crippen molar-refractivity contribution in [1.82, 2.24) is 10.2 Å². The van der Waals surface area contributed by atoms with E-state index in [4.69, 9.17) is 4.74 Å². The first kappa shape index (κ1) is 26.2. The second-order valence-electron chi connectivity index (χ2n) is 9.21. The molecule has 0 bridgehead atoms. The fourth-order valence-corrected chi connectivity index (χ4v) is 3.83. The molecule has 2 N–H and O–H groups in total. The van der Waals surface area contributed by atoms with Crippen molar-refractivity contribution in [3.8, 4) is 0 Å². The Morgan fingerprint density at radius 1 is 1.17 bits per heavy atom. The number of carbonyl (C=O) groups excluding carboxylic acids is 1. The Kier molecular flexibility index (Phi) is 11.1. The van der Waals surface area contributed by atoms with Gasteiger partial charge in [0.25, 0.3) is 0 Å². The molecule has 0 saturated carbocycles. The standard InChI is InChI=1S/C23H38N2O3.C2H4/c1-5-6-11-23(18-24-21(27)28-22(2,3)4)12-14-25(15-13-23)16-19-7-9-20(17-26)10-8-19;1-2/h7-10,26H,5-6,11-18H2,1-4H3,(H,24,27);1-2H2. The van der Waals surface area contributed by atoms with Crippen molar-refractivity contribution >= 4 is 6.09 Å². The maximum absolute atomic E-state index is 12.1. The monoisotopic (exact) mass is 418 g/mol. The molecular formula is C25H42N2O3. The number of ether oxygens (including phenoxy) is 1. The molecule has 5 heteroatoms. The van der Waals surface area contributed by atoms with Gasteiger partial charge in [0.15, 0.2) is 0 Å². The molecular weight excluding hydrogens is 376 g/mol. The summed E-state index contributed by atoms with van der Waals surface area (Å²) in [5, 5.41) is 12.2. The van der Waals surface area contributed by atoms with Crippen molar-refractivity contribution in [2.75, 3.05) is 19.6 Å². The van der Waals surface area contributed by atoms with Crippen LogP contribution in [0, 0.1) is 5.41 Å². The summed E-state index contributed by atoms with van der Waals surface area (Å²) in [6, 6.07) is 8.20. The van der Waals surface area contributed by atoms with E-state index in [1.54, 1.807) is 0 Å². The lowest BCUT2D eigenvalue weighted by atomic mass is 9.74. The highest BCUT2D eigenvalue weighted by atomic mass is 16.6. The minimum Gasteiger partial charge on any atom is -0.444 e. The van der Waals surface area contributed by atoms with Crippen molar-refractivity contribution < 1.29 is 14.6 Å². The minimum atomic E-state index is -0.463. The zero-order valence-corrected chi connectivity index (χ0v) is 19.5. The van der Waals surface area contributed by atoms with Gasteiger partial charge in [-0.15, -0.1) is 13.2 Å². The summed E-state index contributed by atoms with van der Waals surface area (Å²) in [4.78, 5) is 14.6. The highest BCUT2D eigenvalue weighted by Crippen LogP contribution is 2.36. The fourth-order valence-electron chi connectivity index (χ4n) is 3.83. The number of benzene rings is 1. The summed E-state index contributed by atoms with van der Waals surface area (Å²) in [6.45, 7) is 17.7. The number of likely N-dealkylation sites (tertiary alicyclic amines) is 1. The van der Waals surface area contributed by atoms with Gasteiger partial charge in [0.1, 0.15) is 5.60 Å². The van der Waals surface area contributed by atoms with Gasteiger partial charge >= 0.3 is 6.09 Å². The van der Waals surface area contributed by atoms with E-state index in [-0.39, 0.29) is 18.1 Å². The van der Waals surface area contributed by atoms with E-state index in [2.05, 4.69) is 42.4 Å². The van der Waals surface area contributed by atoms with E-state index in [9.17, 15) is 9.90 Å². The number of hydrogen-bond acceptors (Lipinski definition) is 4. The molecule has 1 heterocycles. The number of nitrogens with one attached hydrogen (secondary N) is 1. The number of carbonyl (C=O) groups is 1. The third-order valence-electron chi connectivity index (χ3n) is 5.60. The maximum Gasteiger partial charge on any atom is 0.407 e. The summed E-state index contributed by atoms with van der Waals surface area (Å²) >= 11 is 0. The number of alkyl carbamates (subject to hydrolysis) is 1. The molecule has 1 aliphatic heterocycles. The van der Waals surface area contributed by atoms with E-state index in [0.717, 1.165) is 44.5 Å². The first-order chi connectivity index (χ1) is 14.3. The highest BCUT2D eigenvalue weighted by Gasteiger charge is 2.34. The van der Waals surface area contributed by atoms with Crippen LogP contribution in [0.3, 0.4) is 0 Å². The number of aliphatic hydroxyl groups is 1. The van der Waals surface area contributed by atoms with Crippen molar-refractivity contribution in [3.05, 3.63) is 48.6 Å². The van der Waals surface area contributed by atoms with Crippen LogP contribution in [0.15, 0.2) is 37.4 Å². The molecule has 0 spiro atoms. The van der Waals surface area contributed by atoms with Gasteiger partial charge in [-0.3, -0.25) is 4.90 Å². The Hall–Kier alpha value is -1.85. The molecule has 1 saturated heterocycles. The lowest BCUT2D eigenvalue weighted by Crippen LogP contribution is -2.46. The number of rotatable bonds is 8. The quantitative estimate of drug-likeness (QED) is 0.564. The van der Waals surface area contributed by atoms with Crippen LogP contribution in [0.4, 0.5) is 4.79 Å². The zero-order chi connectivity index (χ0) is 22.6. The van der Waals surface area contributed by atoms with Gasteiger partial charge in [0.2, 0.25) is 0 Å². The van der Waals surface area contributed by atoms with Crippen LogP contribution in [0.1, 0.15) is 70.9 Å². The number of unbranched alkanes of at least 4 members (excludes halogenated alkanes) is 1. The lowest BCUT2D eigenvalue weighted by Gasteiger charge is -2.42. The van der Waals surface area contributed by atoms with Crippen molar-refractivity contribution in [2.24, 2.45) is 5.41 Å². The minimum absolute atomic E-state index is 0.0919. The average Bonchev–Trinajstić information content (AvgIpc) is 2.73. The van der Waals surface area contributed by atoms with E-state index in [1.165, 1.54) is 18.4 Å². The molecule has 0 radical (unpaired) electrons. The third kappa shape index (κ3) is 9.31. The zero-order valence-electron chi connectivity index (χ0n) is 19.5. The second-order valence-corrected chi connectivity index (χ2v) is 9.21. The second kappa shape index (κ2) is 12.8.